The molecule has 3 N–H and O–H groups in total. The lowest BCUT2D eigenvalue weighted by molar-refractivity contribution is -0.137. The lowest BCUT2D eigenvalue weighted by Gasteiger charge is -2.18. The van der Waals surface area contributed by atoms with Crippen LogP contribution in [0.1, 0.15) is 40.5 Å². The minimum atomic E-state index is -0.938. The van der Waals surface area contributed by atoms with Crippen LogP contribution in [0.4, 0.5) is 0 Å². The highest BCUT2D eigenvalue weighted by Gasteiger charge is 2.26. The highest BCUT2D eigenvalue weighted by Crippen LogP contribution is 2.03. The molecule has 27 heavy (non-hydrogen) atoms. The third-order valence-corrected chi connectivity index (χ3v) is 7.01. The molecule has 0 heterocycles. The van der Waals surface area contributed by atoms with Crippen LogP contribution in [-0.4, -0.2) is 71.7 Å². The first-order valence-corrected chi connectivity index (χ1v) is 12.2. The van der Waals surface area contributed by atoms with E-state index in [0.717, 1.165) is 11.5 Å². The number of rotatable bonds is 16. The van der Waals surface area contributed by atoms with Crippen LogP contribution in [-0.2, 0) is 45.1 Å². The molecule has 0 spiro atoms. The van der Waals surface area contributed by atoms with E-state index >= 15 is 0 Å². The summed E-state index contributed by atoms with van der Waals surface area (Å²) in [6, 6.07) is -0.433. The summed E-state index contributed by atoms with van der Waals surface area (Å²) < 4.78 is 11.0. The van der Waals surface area contributed by atoms with Gasteiger partial charge >= 0.3 is 5.97 Å². The van der Waals surface area contributed by atoms with Gasteiger partial charge in [-0.15, -0.1) is 0 Å². The van der Waals surface area contributed by atoms with Crippen LogP contribution in [0, 0.1) is 0 Å². The molecule has 0 fully saturated rings. The molecule has 2 amide bonds. The van der Waals surface area contributed by atoms with E-state index < -0.39 is 34.4 Å². The molecule has 0 aromatic heterocycles. The third kappa shape index (κ3) is 13.8. The lowest BCUT2D eigenvalue weighted by atomic mass is 10.1. The summed E-state index contributed by atoms with van der Waals surface area (Å²) in [7, 11) is 0. The van der Waals surface area contributed by atoms with Crippen molar-refractivity contribution in [1.29, 1.82) is 0 Å². The molecule has 0 aromatic rings. The largest absolute Gasteiger partial charge is 0.481 e. The topological polar surface area (TPSA) is 114 Å². The van der Waals surface area contributed by atoms with Gasteiger partial charge in [0.15, 0.2) is 22.4 Å². The van der Waals surface area contributed by atoms with Crippen molar-refractivity contribution in [3.8, 4) is 0 Å². The first-order chi connectivity index (χ1) is 12.9. The second kappa shape index (κ2) is 16.0. The molecule has 0 saturated carbocycles. The molecule has 0 aliphatic rings. The summed E-state index contributed by atoms with van der Waals surface area (Å²) in [5, 5.41) is 14.5. The second-order valence-electron chi connectivity index (χ2n) is 5.56. The maximum Gasteiger partial charge on any atom is 0.303 e. The van der Waals surface area contributed by atoms with Gasteiger partial charge in [-0.05, 0) is 34.1 Å². The van der Waals surface area contributed by atoms with Crippen molar-refractivity contribution in [2.45, 2.75) is 46.6 Å². The van der Waals surface area contributed by atoms with Crippen LogP contribution >= 0.6 is 0 Å². The fourth-order valence-electron chi connectivity index (χ4n) is 2.16. The van der Waals surface area contributed by atoms with Crippen molar-refractivity contribution in [2.75, 3.05) is 42.8 Å². The van der Waals surface area contributed by atoms with Gasteiger partial charge in [0.05, 0.1) is 0 Å². The Morgan fingerprint density at radius 3 is 1.89 bits per heavy atom. The lowest BCUT2D eigenvalue weighted by Crippen LogP contribution is -2.47. The molecule has 10 heteroatoms. The molecule has 8 nitrogen and oxygen atoms in total. The Kier molecular flexibility index (Phi) is 15.5. The highest BCUT2D eigenvalue weighted by atomic mass is 32.2. The fraction of sp³-hybridized carbons (Fsp3) is 0.824. The maximum absolute atomic E-state index is 12.2. The Morgan fingerprint density at radius 1 is 0.926 bits per heavy atom. The van der Waals surface area contributed by atoms with Gasteiger partial charge in [0.2, 0.25) is 11.5 Å². The molecular formula is C17H34N2O6S2+2. The van der Waals surface area contributed by atoms with Gasteiger partial charge < -0.3 is 15.7 Å². The minimum absolute atomic E-state index is 0.0793. The molecule has 0 aromatic carbocycles. The second-order valence-corrected chi connectivity index (χ2v) is 9.52. The van der Waals surface area contributed by atoms with Gasteiger partial charge in [0.25, 0.3) is 11.8 Å². The van der Waals surface area contributed by atoms with Crippen molar-refractivity contribution in [3.05, 3.63) is 0 Å². The van der Waals surface area contributed by atoms with E-state index in [-0.39, 0.29) is 42.7 Å². The van der Waals surface area contributed by atoms with Crippen molar-refractivity contribution >= 4 is 40.1 Å². The Hall–Kier alpha value is -0.970. The van der Waals surface area contributed by atoms with Gasteiger partial charge in [0, 0.05) is 19.0 Å². The van der Waals surface area contributed by atoms with Gasteiger partial charge in [0.1, 0.15) is 24.7 Å². The monoisotopic (exact) mass is 426 g/mol. The summed E-state index contributed by atoms with van der Waals surface area (Å²) in [6.45, 7) is 8.98. The number of carbonyl (C=O) groups is 3. The average Bonchev–Trinajstić information content (AvgIpc) is 2.62. The van der Waals surface area contributed by atoms with Crippen molar-refractivity contribution < 1.29 is 27.9 Å². The zero-order valence-corrected chi connectivity index (χ0v) is 18.4. The van der Waals surface area contributed by atoms with E-state index in [0.29, 0.717) is 13.2 Å². The van der Waals surface area contributed by atoms with Gasteiger partial charge in [-0.1, -0.05) is 0 Å². The number of amides is 2. The highest BCUT2D eigenvalue weighted by molar-refractivity contribution is 7.93. The van der Waals surface area contributed by atoms with Crippen molar-refractivity contribution in [3.63, 3.8) is 0 Å². The molecule has 3 unspecified atom stereocenters. The molecule has 0 saturated heterocycles. The van der Waals surface area contributed by atoms with E-state index in [4.69, 9.17) is 13.5 Å². The zero-order chi connectivity index (χ0) is 20.7. The number of carbonyl (C=O) groups excluding carboxylic acids is 2. The summed E-state index contributed by atoms with van der Waals surface area (Å²) in [5.41, 5.74) is 0. The predicted octanol–water partition coefficient (Wildman–Crippen LogP) is 0.632. The van der Waals surface area contributed by atoms with Gasteiger partial charge in [-0.3, -0.25) is 14.4 Å². The van der Waals surface area contributed by atoms with Gasteiger partial charge in [-0.25, -0.2) is 0 Å². The molecule has 0 rings (SSSR count). The minimum Gasteiger partial charge on any atom is -0.481 e. The van der Waals surface area contributed by atoms with Gasteiger partial charge in [-0.2, -0.15) is 8.37 Å². The van der Waals surface area contributed by atoms with Crippen LogP contribution in [0.2, 0.25) is 0 Å². The SMILES string of the molecule is CCO[S+](CC)CC(=O)NCC(CCC(=O)O)NC(=O)C[S+](CC)OCC. The van der Waals surface area contributed by atoms with Crippen LogP contribution in [0.3, 0.4) is 0 Å². The Bertz CT molecular complexity index is 453. The molecule has 158 valence electrons. The Labute approximate surface area is 168 Å². The number of hydrogen-bond acceptors (Lipinski definition) is 5. The Balaban J connectivity index is 4.59. The zero-order valence-electron chi connectivity index (χ0n) is 16.7. The van der Waals surface area contributed by atoms with Crippen molar-refractivity contribution in [2.24, 2.45) is 0 Å². The molecule has 0 radical (unpaired) electrons. The number of aliphatic carboxylic acids is 1. The number of carboxylic acids is 1. The Morgan fingerprint density at radius 2 is 1.44 bits per heavy atom. The number of hydrogen-bond donors (Lipinski definition) is 3. The summed E-state index contributed by atoms with van der Waals surface area (Å²) >= 11 is -0.864. The number of carboxylic acid groups (broad SMARTS) is 1. The first kappa shape index (κ1) is 26.0. The smallest absolute Gasteiger partial charge is 0.303 e. The maximum atomic E-state index is 12.2. The normalized spacial score (nSPS) is 14.2. The molecule has 3 atom stereocenters. The third-order valence-electron chi connectivity index (χ3n) is 3.41. The molecule has 0 bridgehead atoms. The van der Waals surface area contributed by atoms with Crippen molar-refractivity contribution in [1.82, 2.24) is 10.6 Å². The summed E-state index contributed by atoms with van der Waals surface area (Å²) in [4.78, 5) is 35.2. The molecule has 0 aliphatic carbocycles. The first-order valence-electron chi connectivity index (χ1n) is 9.25. The summed E-state index contributed by atoms with van der Waals surface area (Å²) in [5.74, 6) is 0.726. The quantitative estimate of drug-likeness (QED) is 0.312. The predicted molar refractivity (Wildman–Crippen MR) is 111 cm³/mol. The van der Waals surface area contributed by atoms with E-state index in [9.17, 15) is 14.4 Å². The fourth-order valence-corrected chi connectivity index (χ4v) is 4.51. The van der Waals surface area contributed by atoms with Crippen LogP contribution in [0.5, 0.6) is 0 Å². The molecular weight excluding hydrogens is 392 g/mol. The standard InChI is InChI=1S/C17H32N2O6S2/c1-5-24-26(7-3)12-15(20)18-11-14(9-10-17(22)23)19-16(21)13-27(8-4)25-6-2/h14H,5-13H2,1-4H3,(H-2,18,19,20,21,22,23)/p+2. The average molecular weight is 427 g/mol. The van der Waals surface area contributed by atoms with Crippen LogP contribution in [0.15, 0.2) is 0 Å². The molecule has 0 aliphatic heterocycles. The number of nitrogens with one attached hydrogen (secondary N) is 2. The van der Waals surface area contributed by atoms with E-state index in [1.54, 1.807) is 0 Å². The van der Waals surface area contributed by atoms with Crippen LogP contribution in [0.25, 0.3) is 0 Å². The van der Waals surface area contributed by atoms with Crippen LogP contribution < -0.4 is 10.6 Å². The van der Waals surface area contributed by atoms with E-state index in [1.165, 1.54) is 0 Å². The van der Waals surface area contributed by atoms with E-state index in [1.807, 2.05) is 27.7 Å². The van der Waals surface area contributed by atoms with E-state index in [2.05, 4.69) is 10.6 Å². The summed E-state index contributed by atoms with van der Waals surface area (Å²) in [6.07, 6.45) is 0.172.